The summed E-state index contributed by atoms with van der Waals surface area (Å²) in [4.78, 5) is 0. The Labute approximate surface area is 99.8 Å². The molecule has 0 fully saturated rings. The molecule has 0 aliphatic carbocycles. The highest BCUT2D eigenvalue weighted by atomic mass is 19.1. The van der Waals surface area contributed by atoms with Crippen molar-refractivity contribution in [3.63, 3.8) is 0 Å². The molecule has 0 radical (unpaired) electrons. The van der Waals surface area contributed by atoms with Gasteiger partial charge in [-0.3, -0.25) is 0 Å². The molecule has 0 spiro atoms. The molecular weight excluding hydrogens is 217 g/mol. The van der Waals surface area contributed by atoms with Crippen LogP contribution >= 0.6 is 0 Å². The summed E-state index contributed by atoms with van der Waals surface area (Å²) in [6.45, 7) is 1.95. The number of hydrogen-bond donors (Lipinski definition) is 1. The van der Waals surface area contributed by atoms with Crippen LogP contribution in [0.1, 0.15) is 5.56 Å². The molecule has 2 nitrogen and oxygen atoms in total. The molecular formula is C14H14FNO. The van der Waals surface area contributed by atoms with Gasteiger partial charge in [0.2, 0.25) is 0 Å². The van der Waals surface area contributed by atoms with E-state index in [0.717, 1.165) is 16.9 Å². The van der Waals surface area contributed by atoms with Gasteiger partial charge in [0.15, 0.2) is 0 Å². The smallest absolute Gasteiger partial charge is 0.123 e. The predicted octanol–water partition coefficient (Wildman–Crippen LogP) is 3.39. The SMILES string of the molecule is COc1ccc(-c2cc(F)ccc2N)c(C)c1. The van der Waals surface area contributed by atoms with E-state index in [-0.39, 0.29) is 5.82 Å². The van der Waals surface area contributed by atoms with Gasteiger partial charge in [-0.05, 0) is 48.4 Å². The highest BCUT2D eigenvalue weighted by Crippen LogP contribution is 2.31. The van der Waals surface area contributed by atoms with E-state index in [9.17, 15) is 4.39 Å². The zero-order valence-electron chi connectivity index (χ0n) is 9.83. The molecule has 2 rings (SSSR count). The molecule has 0 aliphatic heterocycles. The Balaban J connectivity index is 2.56. The summed E-state index contributed by atoms with van der Waals surface area (Å²) in [5, 5.41) is 0. The zero-order valence-corrected chi connectivity index (χ0v) is 9.83. The molecule has 2 aromatic rings. The van der Waals surface area contributed by atoms with Gasteiger partial charge in [-0.25, -0.2) is 4.39 Å². The van der Waals surface area contributed by atoms with E-state index in [4.69, 9.17) is 10.5 Å². The topological polar surface area (TPSA) is 35.2 Å². The van der Waals surface area contributed by atoms with Crippen molar-refractivity contribution in [2.24, 2.45) is 0 Å². The number of anilines is 1. The number of nitrogens with two attached hydrogens (primary N) is 1. The highest BCUT2D eigenvalue weighted by Gasteiger charge is 2.07. The molecule has 0 heterocycles. The Hall–Kier alpha value is -2.03. The minimum absolute atomic E-state index is 0.288. The molecule has 0 saturated heterocycles. The van der Waals surface area contributed by atoms with Crippen LogP contribution in [0.3, 0.4) is 0 Å². The molecule has 17 heavy (non-hydrogen) atoms. The Bertz CT molecular complexity index is 552. The maximum atomic E-state index is 13.2. The zero-order chi connectivity index (χ0) is 12.4. The van der Waals surface area contributed by atoms with Crippen LogP contribution in [0.2, 0.25) is 0 Å². The number of rotatable bonds is 2. The standard InChI is InChI=1S/C14H14FNO/c1-9-7-11(17-2)4-5-12(9)13-8-10(15)3-6-14(13)16/h3-8H,16H2,1-2H3. The fourth-order valence-electron chi connectivity index (χ4n) is 1.83. The van der Waals surface area contributed by atoms with Crippen LogP contribution in [0, 0.1) is 12.7 Å². The molecule has 0 aromatic heterocycles. The lowest BCUT2D eigenvalue weighted by atomic mass is 9.99. The third-order valence-electron chi connectivity index (χ3n) is 2.74. The first kappa shape index (κ1) is 11.5. The molecule has 2 aromatic carbocycles. The van der Waals surface area contributed by atoms with Crippen molar-refractivity contribution >= 4 is 5.69 Å². The van der Waals surface area contributed by atoms with Gasteiger partial charge in [0, 0.05) is 11.3 Å². The number of methoxy groups -OCH3 is 1. The van der Waals surface area contributed by atoms with Crippen LogP contribution in [0.15, 0.2) is 36.4 Å². The van der Waals surface area contributed by atoms with E-state index >= 15 is 0 Å². The first-order valence-corrected chi connectivity index (χ1v) is 5.32. The average molecular weight is 231 g/mol. The number of nitrogen functional groups attached to an aromatic ring is 1. The summed E-state index contributed by atoms with van der Waals surface area (Å²) in [6.07, 6.45) is 0. The lowest BCUT2D eigenvalue weighted by Gasteiger charge is -2.10. The number of benzene rings is 2. The summed E-state index contributed by atoms with van der Waals surface area (Å²) in [6, 6.07) is 10.0. The number of aryl methyl sites for hydroxylation is 1. The molecule has 0 bridgehead atoms. The Kier molecular flexibility index (Phi) is 3.00. The van der Waals surface area contributed by atoms with Crippen LogP contribution in [-0.2, 0) is 0 Å². The minimum Gasteiger partial charge on any atom is -0.497 e. The summed E-state index contributed by atoms with van der Waals surface area (Å²) in [5.74, 6) is 0.491. The fraction of sp³-hybridized carbons (Fsp3) is 0.143. The van der Waals surface area contributed by atoms with Crippen LogP contribution in [0.5, 0.6) is 5.75 Å². The normalized spacial score (nSPS) is 10.3. The Morgan fingerprint density at radius 2 is 1.82 bits per heavy atom. The van der Waals surface area contributed by atoms with E-state index in [0.29, 0.717) is 11.3 Å². The van der Waals surface area contributed by atoms with E-state index in [1.165, 1.54) is 12.1 Å². The van der Waals surface area contributed by atoms with E-state index < -0.39 is 0 Å². The Morgan fingerprint density at radius 1 is 1.06 bits per heavy atom. The Morgan fingerprint density at radius 3 is 2.47 bits per heavy atom. The second kappa shape index (κ2) is 4.45. The molecule has 0 aliphatic rings. The molecule has 2 N–H and O–H groups in total. The second-order valence-corrected chi connectivity index (χ2v) is 3.91. The van der Waals surface area contributed by atoms with Crippen molar-refractivity contribution in [3.05, 3.63) is 47.8 Å². The van der Waals surface area contributed by atoms with Gasteiger partial charge < -0.3 is 10.5 Å². The van der Waals surface area contributed by atoms with Crippen molar-refractivity contribution in [2.45, 2.75) is 6.92 Å². The largest absolute Gasteiger partial charge is 0.497 e. The molecule has 3 heteroatoms. The predicted molar refractivity (Wildman–Crippen MR) is 67.5 cm³/mol. The van der Waals surface area contributed by atoms with Crippen LogP contribution in [0.4, 0.5) is 10.1 Å². The van der Waals surface area contributed by atoms with Gasteiger partial charge in [-0.15, -0.1) is 0 Å². The number of ether oxygens (including phenoxy) is 1. The number of halogens is 1. The fourth-order valence-corrected chi connectivity index (χ4v) is 1.83. The second-order valence-electron chi connectivity index (χ2n) is 3.91. The van der Waals surface area contributed by atoms with Crippen molar-refractivity contribution in [1.29, 1.82) is 0 Å². The van der Waals surface area contributed by atoms with Crippen LogP contribution in [0.25, 0.3) is 11.1 Å². The molecule has 0 atom stereocenters. The van der Waals surface area contributed by atoms with E-state index in [1.807, 2.05) is 25.1 Å². The average Bonchev–Trinajstić information content (AvgIpc) is 2.32. The summed E-state index contributed by atoms with van der Waals surface area (Å²) in [5.41, 5.74) is 9.07. The quantitative estimate of drug-likeness (QED) is 0.804. The van der Waals surface area contributed by atoms with E-state index in [2.05, 4.69) is 0 Å². The first-order valence-electron chi connectivity index (χ1n) is 5.32. The first-order chi connectivity index (χ1) is 8.11. The minimum atomic E-state index is -0.288. The summed E-state index contributed by atoms with van der Waals surface area (Å²) < 4.78 is 18.4. The van der Waals surface area contributed by atoms with Crippen molar-refractivity contribution in [3.8, 4) is 16.9 Å². The van der Waals surface area contributed by atoms with Gasteiger partial charge >= 0.3 is 0 Å². The molecule has 0 amide bonds. The third-order valence-corrected chi connectivity index (χ3v) is 2.74. The van der Waals surface area contributed by atoms with Crippen LogP contribution in [-0.4, -0.2) is 7.11 Å². The lowest BCUT2D eigenvalue weighted by Crippen LogP contribution is -1.93. The maximum absolute atomic E-state index is 13.2. The van der Waals surface area contributed by atoms with Gasteiger partial charge in [-0.1, -0.05) is 6.07 Å². The van der Waals surface area contributed by atoms with Gasteiger partial charge in [0.25, 0.3) is 0 Å². The monoisotopic (exact) mass is 231 g/mol. The molecule has 0 saturated carbocycles. The number of hydrogen-bond acceptors (Lipinski definition) is 2. The lowest BCUT2D eigenvalue weighted by molar-refractivity contribution is 0.414. The van der Waals surface area contributed by atoms with Crippen molar-refractivity contribution in [1.82, 2.24) is 0 Å². The summed E-state index contributed by atoms with van der Waals surface area (Å²) >= 11 is 0. The van der Waals surface area contributed by atoms with Gasteiger partial charge in [0.05, 0.1) is 7.11 Å². The van der Waals surface area contributed by atoms with Crippen molar-refractivity contribution < 1.29 is 9.13 Å². The molecule has 88 valence electrons. The summed E-state index contributed by atoms with van der Waals surface area (Å²) in [7, 11) is 1.62. The van der Waals surface area contributed by atoms with Crippen LogP contribution < -0.4 is 10.5 Å². The molecule has 0 unspecified atom stereocenters. The maximum Gasteiger partial charge on any atom is 0.123 e. The van der Waals surface area contributed by atoms with Gasteiger partial charge in [0.1, 0.15) is 11.6 Å². The highest BCUT2D eigenvalue weighted by molar-refractivity contribution is 5.78. The van der Waals surface area contributed by atoms with Gasteiger partial charge in [-0.2, -0.15) is 0 Å². The van der Waals surface area contributed by atoms with Crippen molar-refractivity contribution in [2.75, 3.05) is 12.8 Å². The third kappa shape index (κ3) is 2.23. The van der Waals surface area contributed by atoms with E-state index in [1.54, 1.807) is 13.2 Å².